The van der Waals surface area contributed by atoms with Gasteiger partial charge in [0.25, 0.3) is 5.69 Å². The molecule has 0 atom stereocenters. The van der Waals surface area contributed by atoms with Crippen molar-refractivity contribution >= 4 is 17.0 Å². The standard InChI is InChI=1S/C16H14N4O2S/c21-20(22)12-5-3-11(4-6-12)19-14-7-8-17-10-13(14)16(18-19)15-2-1-9-23-15/h1-6,9,17H,7-8,10H2. The largest absolute Gasteiger partial charge is 0.312 e. The summed E-state index contributed by atoms with van der Waals surface area (Å²) in [5.74, 6) is 0. The summed E-state index contributed by atoms with van der Waals surface area (Å²) in [4.78, 5) is 11.6. The number of benzene rings is 1. The van der Waals surface area contributed by atoms with Gasteiger partial charge in [0.15, 0.2) is 0 Å². The monoisotopic (exact) mass is 326 g/mol. The van der Waals surface area contributed by atoms with E-state index in [-0.39, 0.29) is 10.6 Å². The summed E-state index contributed by atoms with van der Waals surface area (Å²) in [5.41, 5.74) is 4.35. The summed E-state index contributed by atoms with van der Waals surface area (Å²) in [6.45, 7) is 1.71. The molecule has 0 spiro atoms. The van der Waals surface area contributed by atoms with Gasteiger partial charge in [0.05, 0.1) is 21.2 Å². The van der Waals surface area contributed by atoms with Crippen molar-refractivity contribution in [3.63, 3.8) is 0 Å². The normalized spacial score (nSPS) is 13.7. The molecule has 0 saturated heterocycles. The predicted molar refractivity (Wildman–Crippen MR) is 88.9 cm³/mol. The molecule has 0 radical (unpaired) electrons. The Labute approximate surface area is 136 Å². The molecular formula is C16H14N4O2S. The average molecular weight is 326 g/mol. The van der Waals surface area contributed by atoms with Gasteiger partial charge >= 0.3 is 0 Å². The van der Waals surface area contributed by atoms with Gasteiger partial charge in [-0.25, -0.2) is 4.68 Å². The second-order valence-corrected chi connectivity index (χ2v) is 6.31. The first-order valence-electron chi connectivity index (χ1n) is 7.34. The summed E-state index contributed by atoms with van der Waals surface area (Å²) >= 11 is 1.67. The van der Waals surface area contributed by atoms with Crippen LogP contribution in [0.4, 0.5) is 5.69 Å². The van der Waals surface area contributed by atoms with E-state index in [1.54, 1.807) is 23.5 Å². The summed E-state index contributed by atoms with van der Waals surface area (Å²) in [5, 5.41) is 21.1. The van der Waals surface area contributed by atoms with Crippen LogP contribution in [-0.4, -0.2) is 21.2 Å². The van der Waals surface area contributed by atoms with E-state index < -0.39 is 0 Å². The molecule has 1 aromatic carbocycles. The molecule has 23 heavy (non-hydrogen) atoms. The fraction of sp³-hybridized carbons (Fsp3) is 0.188. The van der Waals surface area contributed by atoms with Gasteiger partial charge in [-0.05, 0) is 23.6 Å². The molecule has 116 valence electrons. The van der Waals surface area contributed by atoms with Crippen LogP contribution in [0.1, 0.15) is 11.3 Å². The molecule has 7 heteroatoms. The predicted octanol–water partition coefficient (Wildman–Crippen LogP) is 3.15. The van der Waals surface area contributed by atoms with Crippen molar-refractivity contribution < 1.29 is 4.92 Å². The molecule has 0 aliphatic carbocycles. The molecular weight excluding hydrogens is 312 g/mol. The van der Waals surface area contributed by atoms with Crippen molar-refractivity contribution in [3.8, 4) is 16.3 Å². The molecule has 0 amide bonds. The lowest BCUT2D eigenvalue weighted by Crippen LogP contribution is -2.24. The number of hydrogen-bond donors (Lipinski definition) is 1. The van der Waals surface area contributed by atoms with E-state index >= 15 is 0 Å². The lowest BCUT2D eigenvalue weighted by molar-refractivity contribution is -0.384. The van der Waals surface area contributed by atoms with Gasteiger partial charge in [-0.1, -0.05) is 6.07 Å². The molecule has 2 aromatic heterocycles. The van der Waals surface area contributed by atoms with Gasteiger partial charge in [0, 0.05) is 37.2 Å². The van der Waals surface area contributed by atoms with E-state index in [1.807, 2.05) is 16.1 Å². The lowest BCUT2D eigenvalue weighted by Gasteiger charge is -2.15. The molecule has 0 saturated carbocycles. The molecule has 1 aliphatic rings. The van der Waals surface area contributed by atoms with E-state index in [1.165, 1.54) is 23.4 Å². The number of thiophene rings is 1. The Morgan fingerprint density at radius 3 is 2.78 bits per heavy atom. The van der Waals surface area contributed by atoms with Gasteiger partial charge in [-0.2, -0.15) is 5.10 Å². The maximum Gasteiger partial charge on any atom is 0.269 e. The number of nitrogens with one attached hydrogen (secondary N) is 1. The van der Waals surface area contributed by atoms with Gasteiger partial charge in [-0.3, -0.25) is 10.1 Å². The third-order valence-electron chi connectivity index (χ3n) is 3.99. The number of nitrogens with zero attached hydrogens (tertiary/aromatic N) is 3. The summed E-state index contributed by atoms with van der Waals surface area (Å²) < 4.78 is 1.93. The minimum absolute atomic E-state index is 0.0925. The Morgan fingerprint density at radius 1 is 1.26 bits per heavy atom. The minimum Gasteiger partial charge on any atom is -0.312 e. The number of aromatic nitrogens is 2. The van der Waals surface area contributed by atoms with Crippen molar-refractivity contribution in [3.05, 3.63) is 63.1 Å². The van der Waals surface area contributed by atoms with Crippen LogP contribution < -0.4 is 5.32 Å². The highest BCUT2D eigenvalue weighted by Crippen LogP contribution is 2.32. The van der Waals surface area contributed by atoms with E-state index in [0.29, 0.717) is 0 Å². The fourth-order valence-electron chi connectivity index (χ4n) is 2.89. The van der Waals surface area contributed by atoms with Crippen LogP contribution in [-0.2, 0) is 13.0 Å². The molecule has 1 N–H and O–H groups in total. The van der Waals surface area contributed by atoms with Crippen molar-refractivity contribution in [1.82, 2.24) is 15.1 Å². The smallest absolute Gasteiger partial charge is 0.269 e. The number of rotatable bonds is 3. The quantitative estimate of drug-likeness (QED) is 0.593. The third-order valence-corrected chi connectivity index (χ3v) is 4.87. The summed E-state index contributed by atoms with van der Waals surface area (Å²) in [7, 11) is 0. The number of hydrogen-bond acceptors (Lipinski definition) is 5. The highest BCUT2D eigenvalue weighted by atomic mass is 32.1. The lowest BCUT2D eigenvalue weighted by atomic mass is 10.1. The van der Waals surface area contributed by atoms with Crippen LogP contribution in [0.2, 0.25) is 0 Å². The van der Waals surface area contributed by atoms with Gasteiger partial charge in [-0.15, -0.1) is 11.3 Å². The van der Waals surface area contributed by atoms with Crippen LogP contribution in [0, 0.1) is 10.1 Å². The van der Waals surface area contributed by atoms with E-state index in [2.05, 4.69) is 11.4 Å². The zero-order valence-electron chi connectivity index (χ0n) is 12.2. The van der Waals surface area contributed by atoms with Crippen molar-refractivity contribution in [2.75, 3.05) is 6.54 Å². The maximum atomic E-state index is 10.8. The highest BCUT2D eigenvalue weighted by molar-refractivity contribution is 7.13. The Hall–Kier alpha value is -2.51. The van der Waals surface area contributed by atoms with Crippen LogP contribution in [0.25, 0.3) is 16.3 Å². The first-order chi connectivity index (χ1) is 11.2. The van der Waals surface area contributed by atoms with E-state index in [0.717, 1.165) is 35.8 Å². The van der Waals surface area contributed by atoms with Crippen LogP contribution in [0.3, 0.4) is 0 Å². The zero-order valence-corrected chi connectivity index (χ0v) is 13.0. The molecule has 1 aliphatic heterocycles. The Balaban J connectivity index is 1.84. The van der Waals surface area contributed by atoms with E-state index in [4.69, 9.17) is 5.10 Å². The third kappa shape index (κ3) is 2.43. The Morgan fingerprint density at radius 2 is 2.09 bits per heavy atom. The number of non-ortho nitro benzene ring substituents is 1. The van der Waals surface area contributed by atoms with Crippen LogP contribution >= 0.6 is 11.3 Å². The average Bonchev–Trinajstić information content (AvgIpc) is 3.22. The van der Waals surface area contributed by atoms with E-state index in [9.17, 15) is 10.1 Å². The van der Waals surface area contributed by atoms with Crippen molar-refractivity contribution in [1.29, 1.82) is 0 Å². The minimum atomic E-state index is -0.386. The van der Waals surface area contributed by atoms with Crippen molar-refractivity contribution in [2.45, 2.75) is 13.0 Å². The number of nitro groups is 1. The molecule has 0 bridgehead atoms. The molecule has 3 heterocycles. The van der Waals surface area contributed by atoms with Gasteiger partial charge in [0.2, 0.25) is 0 Å². The Kier molecular flexibility index (Phi) is 3.44. The van der Waals surface area contributed by atoms with Crippen molar-refractivity contribution in [2.24, 2.45) is 0 Å². The second-order valence-electron chi connectivity index (χ2n) is 5.36. The molecule has 0 fully saturated rings. The second kappa shape index (κ2) is 5.60. The first-order valence-corrected chi connectivity index (χ1v) is 8.22. The maximum absolute atomic E-state index is 10.8. The first kappa shape index (κ1) is 14.1. The van der Waals surface area contributed by atoms with Crippen LogP contribution in [0.5, 0.6) is 0 Å². The molecule has 4 rings (SSSR count). The zero-order chi connectivity index (χ0) is 15.8. The number of nitro benzene ring substituents is 1. The molecule has 0 unspecified atom stereocenters. The van der Waals surface area contributed by atoms with Crippen LogP contribution in [0.15, 0.2) is 41.8 Å². The fourth-order valence-corrected chi connectivity index (χ4v) is 3.62. The summed E-state index contributed by atoms with van der Waals surface area (Å²) in [6.07, 6.45) is 0.894. The SMILES string of the molecule is O=[N+]([O-])c1ccc(-n2nc(-c3cccs3)c3c2CCNC3)cc1. The molecule has 6 nitrogen and oxygen atoms in total. The Bertz CT molecular complexity index is 853. The highest BCUT2D eigenvalue weighted by Gasteiger charge is 2.23. The van der Waals surface area contributed by atoms with Gasteiger partial charge < -0.3 is 5.32 Å². The number of fused-ring (bicyclic) bond motifs is 1. The summed E-state index contributed by atoms with van der Waals surface area (Å²) in [6, 6.07) is 10.7. The topological polar surface area (TPSA) is 73.0 Å². The van der Waals surface area contributed by atoms with Gasteiger partial charge in [0.1, 0.15) is 5.69 Å². The molecule has 3 aromatic rings.